The third kappa shape index (κ3) is 6.98. The molecule has 0 spiro atoms. The molecule has 1 saturated carbocycles. The number of amides is 2. The first-order valence-electron chi connectivity index (χ1n) is 12.4. The molecule has 2 aliphatic rings. The van der Waals surface area contributed by atoms with Crippen molar-refractivity contribution in [3.05, 3.63) is 71.8 Å². The van der Waals surface area contributed by atoms with Crippen molar-refractivity contribution in [2.24, 2.45) is 0 Å². The van der Waals surface area contributed by atoms with Gasteiger partial charge < -0.3 is 24.0 Å². The number of benzene rings is 2. The number of likely N-dealkylation sites (tertiary alicyclic amines) is 1. The monoisotopic (exact) mass is 480 g/mol. The van der Waals surface area contributed by atoms with Gasteiger partial charge in [0, 0.05) is 19.1 Å². The van der Waals surface area contributed by atoms with Gasteiger partial charge >= 0.3 is 12.2 Å². The summed E-state index contributed by atoms with van der Waals surface area (Å²) >= 11 is 0. The van der Waals surface area contributed by atoms with Crippen molar-refractivity contribution >= 4 is 12.2 Å². The van der Waals surface area contributed by atoms with Gasteiger partial charge in [0.15, 0.2) is 0 Å². The summed E-state index contributed by atoms with van der Waals surface area (Å²) in [5.74, 6) is 0. The van der Waals surface area contributed by atoms with Gasteiger partial charge in [-0.1, -0.05) is 60.7 Å². The molecule has 0 aromatic heterocycles. The Morgan fingerprint density at radius 1 is 0.914 bits per heavy atom. The minimum Gasteiger partial charge on any atom is -0.445 e. The van der Waals surface area contributed by atoms with Gasteiger partial charge in [-0.05, 0) is 51.2 Å². The molecule has 0 radical (unpaired) electrons. The molecule has 1 saturated heterocycles. The number of hydrogen-bond donors (Lipinski definition) is 0. The standard InChI is InChI=1S/C28H36N2O5/c1-28(2,3)35-27(32)30(24-16-25(17-24)33-19-21-10-6-4-7-11-21)23-14-15-29(18-23)26(31)34-20-22-12-8-5-9-13-22/h4-13,23-25H,14-20H2,1-3H3/t23-,24?,25?/m0/s1. The Labute approximate surface area is 207 Å². The first kappa shape index (κ1) is 25.0. The first-order valence-corrected chi connectivity index (χ1v) is 12.4. The Morgan fingerprint density at radius 3 is 2.11 bits per heavy atom. The van der Waals surface area contributed by atoms with Crippen LogP contribution in [-0.4, -0.2) is 58.9 Å². The molecular weight excluding hydrogens is 444 g/mol. The molecule has 35 heavy (non-hydrogen) atoms. The molecule has 0 N–H and O–H groups in total. The van der Waals surface area contributed by atoms with E-state index in [1.54, 1.807) is 4.90 Å². The van der Waals surface area contributed by atoms with E-state index in [2.05, 4.69) is 0 Å². The van der Waals surface area contributed by atoms with Crippen LogP contribution in [0.4, 0.5) is 9.59 Å². The topological polar surface area (TPSA) is 68.3 Å². The van der Waals surface area contributed by atoms with Gasteiger partial charge in [0.2, 0.25) is 0 Å². The molecule has 2 aromatic rings. The number of ether oxygens (including phenoxy) is 3. The van der Waals surface area contributed by atoms with Crippen LogP contribution in [0.3, 0.4) is 0 Å². The maximum absolute atomic E-state index is 13.2. The van der Waals surface area contributed by atoms with Crippen molar-refractivity contribution < 1.29 is 23.8 Å². The molecule has 0 bridgehead atoms. The summed E-state index contributed by atoms with van der Waals surface area (Å²) in [5.41, 5.74) is 1.50. The van der Waals surface area contributed by atoms with E-state index in [4.69, 9.17) is 14.2 Å². The molecule has 2 amide bonds. The predicted octanol–water partition coefficient (Wildman–Crippen LogP) is 5.38. The fourth-order valence-electron chi connectivity index (χ4n) is 4.55. The Morgan fingerprint density at radius 2 is 1.51 bits per heavy atom. The number of hydrogen-bond acceptors (Lipinski definition) is 5. The zero-order valence-electron chi connectivity index (χ0n) is 20.9. The van der Waals surface area contributed by atoms with E-state index in [0.29, 0.717) is 26.1 Å². The largest absolute Gasteiger partial charge is 0.445 e. The Hall–Kier alpha value is -3.06. The van der Waals surface area contributed by atoms with Gasteiger partial charge in [0.05, 0.1) is 18.8 Å². The second-order valence-electron chi connectivity index (χ2n) is 10.4. The molecule has 1 aliphatic heterocycles. The second-order valence-corrected chi connectivity index (χ2v) is 10.4. The van der Waals surface area contributed by atoms with Gasteiger partial charge in [-0.3, -0.25) is 0 Å². The van der Waals surface area contributed by atoms with Crippen molar-refractivity contribution in [3.8, 4) is 0 Å². The highest BCUT2D eigenvalue weighted by Gasteiger charge is 2.44. The average molecular weight is 481 g/mol. The van der Waals surface area contributed by atoms with E-state index in [9.17, 15) is 9.59 Å². The van der Waals surface area contributed by atoms with Crippen molar-refractivity contribution in [2.75, 3.05) is 13.1 Å². The summed E-state index contributed by atoms with van der Waals surface area (Å²) in [6, 6.07) is 19.7. The summed E-state index contributed by atoms with van der Waals surface area (Å²) in [6.45, 7) is 7.42. The molecule has 7 nitrogen and oxygen atoms in total. The highest BCUT2D eigenvalue weighted by Crippen LogP contribution is 2.34. The van der Waals surface area contributed by atoms with Gasteiger partial charge in [0.25, 0.3) is 0 Å². The van der Waals surface area contributed by atoms with E-state index in [-0.39, 0.29) is 37.0 Å². The normalized spacial score (nSPS) is 21.8. The van der Waals surface area contributed by atoms with Crippen LogP contribution in [-0.2, 0) is 27.4 Å². The van der Waals surface area contributed by atoms with E-state index >= 15 is 0 Å². The third-order valence-corrected chi connectivity index (χ3v) is 6.42. The van der Waals surface area contributed by atoms with Crippen LogP contribution < -0.4 is 0 Å². The van der Waals surface area contributed by atoms with Gasteiger partial charge in [-0.15, -0.1) is 0 Å². The minimum absolute atomic E-state index is 0.0379. The molecule has 1 atom stereocenters. The van der Waals surface area contributed by atoms with E-state index < -0.39 is 5.60 Å². The van der Waals surface area contributed by atoms with E-state index in [0.717, 1.165) is 24.0 Å². The summed E-state index contributed by atoms with van der Waals surface area (Å²) in [4.78, 5) is 29.4. The van der Waals surface area contributed by atoms with Gasteiger partial charge in [0.1, 0.15) is 12.2 Å². The Balaban J connectivity index is 1.32. The molecule has 2 aromatic carbocycles. The molecule has 2 fully saturated rings. The number of nitrogens with zero attached hydrogens (tertiary/aromatic N) is 2. The number of carbonyl (C=O) groups excluding carboxylic acids is 2. The summed E-state index contributed by atoms with van der Waals surface area (Å²) < 4.78 is 17.3. The SMILES string of the molecule is CC(C)(C)OC(=O)N(C1CC(OCc2ccccc2)C1)[C@H]1CCN(C(=O)OCc2ccccc2)C1. The maximum atomic E-state index is 13.2. The van der Waals surface area contributed by atoms with Crippen LogP contribution in [0.25, 0.3) is 0 Å². The van der Waals surface area contributed by atoms with Crippen LogP contribution in [0.15, 0.2) is 60.7 Å². The lowest BCUT2D eigenvalue weighted by Crippen LogP contribution is -2.56. The molecular formula is C28H36N2O5. The van der Waals surface area contributed by atoms with E-state index in [1.807, 2.05) is 86.3 Å². The van der Waals surface area contributed by atoms with Gasteiger partial charge in [-0.2, -0.15) is 0 Å². The fourth-order valence-corrected chi connectivity index (χ4v) is 4.55. The lowest BCUT2D eigenvalue weighted by molar-refractivity contribution is -0.0716. The molecule has 188 valence electrons. The highest BCUT2D eigenvalue weighted by molar-refractivity contribution is 5.71. The second kappa shape index (κ2) is 11.1. The first-order chi connectivity index (χ1) is 16.8. The molecule has 1 aliphatic carbocycles. The predicted molar refractivity (Wildman–Crippen MR) is 133 cm³/mol. The molecule has 1 heterocycles. The molecule has 7 heteroatoms. The zero-order chi connectivity index (χ0) is 24.8. The van der Waals surface area contributed by atoms with Crippen molar-refractivity contribution in [1.29, 1.82) is 0 Å². The zero-order valence-corrected chi connectivity index (χ0v) is 20.9. The number of rotatable bonds is 7. The minimum atomic E-state index is -0.588. The molecule has 0 unspecified atom stereocenters. The van der Waals surface area contributed by atoms with Crippen LogP contribution in [0.1, 0.15) is 51.2 Å². The van der Waals surface area contributed by atoms with Gasteiger partial charge in [-0.25, -0.2) is 9.59 Å². The third-order valence-electron chi connectivity index (χ3n) is 6.42. The van der Waals surface area contributed by atoms with Crippen LogP contribution in [0, 0.1) is 0 Å². The van der Waals surface area contributed by atoms with Crippen molar-refractivity contribution in [1.82, 2.24) is 9.80 Å². The number of carbonyl (C=O) groups is 2. The summed E-state index contributed by atoms with van der Waals surface area (Å²) in [7, 11) is 0. The summed E-state index contributed by atoms with van der Waals surface area (Å²) in [6.07, 6.45) is 1.67. The van der Waals surface area contributed by atoms with E-state index in [1.165, 1.54) is 0 Å². The van der Waals surface area contributed by atoms with Crippen LogP contribution in [0.2, 0.25) is 0 Å². The quantitative estimate of drug-likeness (QED) is 0.532. The Kier molecular flexibility index (Phi) is 7.96. The van der Waals surface area contributed by atoms with Crippen LogP contribution >= 0.6 is 0 Å². The lowest BCUT2D eigenvalue weighted by Gasteiger charge is -2.45. The molecule has 4 rings (SSSR count). The summed E-state index contributed by atoms with van der Waals surface area (Å²) in [5, 5.41) is 0. The van der Waals surface area contributed by atoms with Crippen molar-refractivity contribution in [3.63, 3.8) is 0 Å². The highest BCUT2D eigenvalue weighted by atomic mass is 16.6. The smallest absolute Gasteiger partial charge is 0.410 e. The maximum Gasteiger partial charge on any atom is 0.410 e. The average Bonchev–Trinajstić information content (AvgIpc) is 3.28. The van der Waals surface area contributed by atoms with Crippen LogP contribution in [0.5, 0.6) is 0 Å². The fraction of sp³-hybridized carbons (Fsp3) is 0.500. The Bertz CT molecular complexity index is 970. The van der Waals surface area contributed by atoms with Crippen molar-refractivity contribution in [2.45, 2.75) is 77.0 Å². The lowest BCUT2D eigenvalue weighted by atomic mass is 9.87.